The van der Waals surface area contributed by atoms with Gasteiger partial charge in [-0.25, -0.2) is 4.79 Å². The molecule has 0 atom stereocenters. The molecule has 1 aromatic heterocycles. The summed E-state index contributed by atoms with van der Waals surface area (Å²) in [5, 5.41) is 9.22. The third-order valence-electron chi connectivity index (χ3n) is 3.99. The quantitative estimate of drug-likeness (QED) is 0.936. The number of carboxylic acid groups (broad SMARTS) is 1. The molecule has 0 saturated carbocycles. The second-order valence-corrected chi connectivity index (χ2v) is 5.40. The Hall–Kier alpha value is -2.40. The van der Waals surface area contributed by atoms with Crippen LogP contribution in [0.1, 0.15) is 16.1 Å². The van der Waals surface area contributed by atoms with Crippen LogP contribution >= 0.6 is 0 Å². The van der Waals surface area contributed by atoms with Crippen molar-refractivity contribution in [3.05, 3.63) is 59.9 Å². The van der Waals surface area contributed by atoms with E-state index in [9.17, 15) is 9.90 Å². The molecule has 1 aromatic carbocycles. The highest BCUT2D eigenvalue weighted by atomic mass is 16.4. The first-order valence-electron chi connectivity index (χ1n) is 7.43. The highest BCUT2D eigenvalue weighted by Crippen LogP contribution is 2.17. The highest BCUT2D eigenvalue weighted by Gasteiger charge is 2.19. The molecule has 0 spiro atoms. The van der Waals surface area contributed by atoms with Crippen LogP contribution in [0.2, 0.25) is 0 Å². The third kappa shape index (κ3) is 3.26. The van der Waals surface area contributed by atoms with Crippen LogP contribution in [-0.2, 0) is 6.54 Å². The van der Waals surface area contributed by atoms with Gasteiger partial charge in [-0.3, -0.25) is 9.88 Å². The van der Waals surface area contributed by atoms with E-state index in [0.29, 0.717) is 17.8 Å². The van der Waals surface area contributed by atoms with E-state index in [1.807, 2.05) is 6.07 Å². The van der Waals surface area contributed by atoms with E-state index in [1.165, 1.54) is 5.69 Å². The zero-order valence-electron chi connectivity index (χ0n) is 12.4. The van der Waals surface area contributed by atoms with Crippen LogP contribution < -0.4 is 4.90 Å². The average molecular weight is 297 g/mol. The number of carboxylic acids is 1. The summed E-state index contributed by atoms with van der Waals surface area (Å²) in [4.78, 5) is 20.1. The molecule has 0 radical (unpaired) electrons. The Morgan fingerprint density at radius 3 is 2.45 bits per heavy atom. The van der Waals surface area contributed by atoms with E-state index in [0.717, 1.165) is 26.2 Å². The lowest BCUT2D eigenvalue weighted by Crippen LogP contribution is -2.46. The minimum atomic E-state index is -0.911. The number of aromatic carboxylic acids is 1. The smallest absolute Gasteiger partial charge is 0.337 e. The number of carbonyl (C=O) groups is 1. The van der Waals surface area contributed by atoms with Gasteiger partial charge in [0.15, 0.2) is 0 Å². The Balaban J connectivity index is 1.62. The van der Waals surface area contributed by atoms with Gasteiger partial charge in [-0.15, -0.1) is 0 Å². The molecular weight excluding hydrogens is 278 g/mol. The zero-order chi connectivity index (χ0) is 15.4. The number of piperazine rings is 1. The minimum Gasteiger partial charge on any atom is -0.478 e. The maximum absolute atomic E-state index is 11.2. The second kappa shape index (κ2) is 6.58. The molecule has 5 nitrogen and oxygen atoms in total. The van der Waals surface area contributed by atoms with Gasteiger partial charge >= 0.3 is 5.97 Å². The lowest BCUT2D eigenvalue weighted by atomic mass is 10.1. The lowest BCUT2D eigenvalue weighted by molar-refractivity contribution is 0.0693. The fraction of sp³-hybridized carbons (Fsp3) is 0.294. The molecule has 0 aliphatic carbocycles. The number of rotatable bonds is 4. The van der Waals surface area contributed by atoms with Gasteiger partial charge < -0.3 is 10.0 Å². The summed E-state index contributed by atoms with van der Waals surface area (Å²) >= 11 is 0. The van der Waals surface area contributed by atoms with Crippen LogP contribution in [0.5, 0.6) is 0 Å². The van der Waals surface area contributed by atoms with Gasteiger partial charge in [0.2, 0.25) is 0 Å². The molecule has 1 aliphatic rings. The van der Waals surface area contributed by atoms with E-state index >= 15 is 0 Å². The van der Waals surface area contributed by atoms with Gasteiger partial charge in [0.25, 0.3) is 0 Å². The number of aromatic nitrogens is 1. The van der Waals surface area contributed by atoms with Gasteiger partial charge in [-0.1, -0.05) is 18.2 Å². The van der Waals surface area contributed by atoms with E-state index < -0.39 is 5.97 Å². The Bertz CT molecular complexity index is 637. The van der Waals surface area contributed by atoms with Crippen LogP contribution in [0.15, 0.2) is 48.7 Å². The largest absolute Gasteiger partial charge is 0.478 e. The third-order valence-corrected chi connectivity index (χ3v) is 3.99. The van der Waals surface area contributed by atoms with Crippen molar-refractivity contribution in [2.75, 3.05) is 31.1 Å². The summed E-state index contributed by atoms with van der Waals surface area (Å²) in [7, 11) is 0. The molecule has 2 aromatic rings. The van der Waals surface area contributed by atoms with Gasteiger partial charge in [0.1, 0.15) is 0 Å². The number of anilines is 1. The van der Waals surface area contributed by atoms with Crippen molar-refractivity contribution in [1.82, 2.24) is 9.88 Å². The Morgan fingerprint density at radius 1 is 1.05 bits per heavy atom. The van der Waals surface area contributed by atoms with Gasteiger partial charge in [-0.2, -0.15) is 0 Å². The first-order valence-corrected chi connectivity index (χ1v) is 7.43. The van der Waals surface area contributed by atoms with Crippen molar-refractivity contribution in [2.24, 2.45) is 0 Å². The second-order valence-electron chi connectivity index (χ2n) is 5.40. The molecule has 2 heterocycles. The molecule has 3 rings (SSSR count). The fourth-order valence-electron chi connectivity index (χ4n) is 2.77. The molecule has 1 fully saturated rings. The van der Waals surface area contributed by atoms with Crippen molar-refractivity contribution < 1.29 is 9.90 Å². The molecule has 1 N–H and O–H groups in total. The molecule has 0 bridgehead atoms. The normalized spacial score (nSPS) is 15.7. The summed E-state index contributed by atoms with van der Waals surface area (Å²) in [6.07, 6.45) is 1.65. The van der Waals surface area contributed by atoms with E-state index in [-0.39, 0.29) is 0 Å². The molecule has 0 amide bonds. The SMILES string of the molecule is O=C(O)c1cccnc1CN1CCN(c2ccccc2)CC1. The van der Waals surface area contributed by atoms with Crippen molar-refractivity contribution in [2.45, 2.75) is 6.54 Å². The topological polar surface area (TPSA) is 56.7 Å². The standard InChI is InChI=1S/C17H19N3O2/c21-17(22)15-7-4-8-18-16(15)13-19-9-11-20(12-10-19)14-5-2-1-3-6-14/h1-8H,9-13H2,(H,21,22). The number of hydrogen-bond acceptors (Lipinski definition) is 4. The molecule has 114 valence electrons. The van der Waals surface area contributed by atoms with Crippen LogP contribution in [0, 0.1) is 0 Å². The van der Waals surface area contributed by atoms with Gasteiger partial charge in [0.05, 0.1) is 11.3 Å². The Morgan fingerprint density at radius 2 is 1.77 bits per heavy atom. The van der Waals surface area contributed by atoms with Crippen LogP contribution in [0.3, 0.4) is 0 Å². The van der Waals surface area contributed by atoms with Crippen molar-refractivity contribution >= 4 is 11.7 Å². The maximum Gasteiger partial charge on any atom is 0.337 e. The number of pyridine rings is 1. The highest BCUT2D eigenvalue weighted by molar-refractivity contribution is 5.88. The summed E-state index contributed by atoms with van der Waals surface area (Å²) in [5.41, 5.74) is 2.18. The lowest BCUT2D eigenvalue weighted by Gasteiger charge is -2.36. The Labute approximate surface area is 129 Å². The predicted octanol–water partition coefficient (Wildman–Crippen LogP) is 2.10. The minimum absolute atomic E-state index is 0.299. The van der Waals surface area contributed by atoms with E-state index in [2.05, 4.69) is 39.0 Å². The number of nitrogens with zero attached hydrogens (tertiary/aromatic N) is 3. The Kier molecular flexibility index (Phi) is 4.34. The molecule has 5 heteroatoms. The molecular formula is C17H19N3O2. The maximum atomic E-state index is 11.2. The summed E-state index contributed by atoms with van der Waals surface area (Å²) in [6.45, 7) is 4.29. The van der Waals surface area contributed by atoms with Gasteiger partial charge in [0, 0.05) is 44.6 Å². The molecule has 22 heavy (non-hydrogen) atoms. The molecule has 0 unspecified atom stereocenters. The number of hydrogen-bond donors (Lipinski definition) is 1. The zero-order valence-corrected chi connectivity index (χ0v) is 12.4. The summed E-state index contributed by atoms with van der Waals surface area (Å²) in [6, 6.07) is 13.6. The fourth-order valence-corrected chi connectivity index (χ4v) is 2.77. The first-order chi connectivity index (χ1) is 10.7. The van der Waals surface area contributed by atoms with Crippen molar-refractivity contribution in [3.63, 3.8) is 0 Å². The number of benzene rings is 1. The summed E-state index contributed by atoms with van der Waals surface area (Å²) in [5.74, 6) is -0.911. The van der Waals surface area contributed by atoms with Gasteiger partial charge in [-0.05, 0) is 24.3 Å². The first kappa shape index (κ1) is 14.5. The number of para-hydroxylation sites is 1. The average Bonchev–Trinajstić information content (AvgIpc) is 2.57. The van der Waals surface area contributed by atoms with Crippen LogP contribution in [0.25, 0.3) is 0 Å². The van der Waals surface area contributed by atoms with E-state index in [1.54, 1.807) is 18.3 Å². The van der Waals surface area contributed by atoms with Crippen LogP contribution in [-0.4, -0.2) is 47.1 Å². The van der Waals surface area contributed by atoms with Crippen LogP contribution in [0.4, 0.5) is 5.69 Å². The molecule has 1 saturated heterocycles. The van der Waals surface area contributed by atoms with E-state index in [4.69, 9.17) is 0 Å². The monoisotopic (exact) mass is 297 g/mol. The predicted molar refractivity (Wildman–Crippen MR) is 85.1 cm³/mol. The van der Waals surface area contributed by atoms with Crippen molar-refractivity contribution in [3.8, 4) is 0 Å². The van der Waals surface area contributed by atoms with Crippen molar-refractivity contribution in [1.29, 1.82) is 0 Å². The summed E-state index contributed by atoms with van der Waals surface area (Å²) < 4.78 is 0. The molecule has 1 aliphatic heterocycles.